The van der Waals surface area contributed by atoms with Crippen molar-refractivity contribution in [2.75, 3.05) is 40.6 Å². The van der Waals surface area contributed by atoms with E-state index in [4.69, 9.17) is 28.0 Å². The van der Waals surface area contributed by atoms with E-state index in [1.807, 2.05) is 91.0 Å². The lowest BCUT2D eigenvalue weighted by Crippen LogP contribution is -2.57. The van der Waals surface area contributed by atoms with E-state index in [1.54, 1.807) is 0 Å². The second kappa shape index (κ2) is 21.3. The SMILES string of the molecule is COC(=O)CCCCCOC[C@H](COP(=O)(O)O[C@H](C)[C@H](NC(c1ccccc1)(c1ccccc1)c1ccccc1)C(=O)OC)OC1CCCCO1. The molecule has 4 rings (SSSR count). The molecule has 2 unspecified atom stereocenters. The Hall–Kier alpha value is -3.45. The third-order valence-corrected chi connectivity index (χ3v) is 9.90. The van der Waals surface area contributed by atoms with Crippen LogP contribution in [0.2, 0.25) is 0 Å². The Morgan fingerprint density at radius 2 is 1.46 bits per heavy atom. The van der Waals surface area contributed by atoms with Crippen LogP contribution >= 0.6 is 7.82 Å². The number of unbranched alkanes of at least 4 members (excludes halogenated alkanes) is 2. The zero-order valence-corrected chi connectivity index (χ0v) is 31.1. The van der Waals surface area contributed by atoms with Crippen molar-refractivity contribution >= 4 is 19.8 Å². The Kier molecular flexibility index (Phi) is 16.9. The summed E-state index contributed by atoms with van der Waals surface area (Å²) in [5, 5.41) is 3.49. The van der Waals surface area contributed by atoms with Gasteiger partial charge in [-0.1, -0.05) is 97.4 Å². The molecule has 13 heteroatoms. The highest BCUT2D eigenvalue weighted by atomic mass is 31.2. The van der Waals surface area contributed by atoms with Crippen LogP contribution in [0.15, 0.2) is 91.0 Å². The number of hydrogen-bond donors (Lipinski definition) is 2. The van der Waals surface area contributed by atoms with Crippen molar-refractivity contribution in [1.82, 2.24) is 5.32 Å². The Morgan fingerprint density at radius 3 is 1.98 bits per heavy atom. The highest BCUT2D eigenvalue weighted by Gasteiger charge is 2.44. The van der Waals surface area contributed by atoms with Crippen LogP contribution in [0.1, 0.15) is 68.6 Å². The lowest BCUT2D eigenvalue weighted by molar-refractivity contribution is -0.204. The second-order valence-electron chi connectivity index (χ2n) is 12.6. The van der Waals surface area contributed by atoms with Gasteiger partial charge in [-0.2, -0.15) is 0 Å². The number of carbonyl (C=O) groups is 2. The summed E-state index contributed by atoms with van der Waals surface area (Å²) in [6.07, 6.45) is 2.59. The normalized spacial score (nSPS) is 17.7. The standard InChI is InChI=1S/C39H52NO11P/c1-30(51-52(43,44)49-29-34(50-36-25-15-17-27-48-36)28-47-26-16-7-14-24-35(41)45-2)37(38(42)46-3)40-39(31-18-8-4-9-19-31,32-20-10-5-11-21-32)33-22-12-6-13-23-33/h4-6,8-13,18-23,30,34,36-37,40H,7,14-17,24-29H2,1-3H3,(H,43,44)/t30-,34-,36?,37+/m1/s1. The summed E-state index contributed by atoms with van der Waals surface area (Å²) in [7, 11) is -2.16. The molecule has 52 heavy (non-hydrogen) atoms. The molecule has 0 bridgehead atoms. The average Bonchev–Trinajstić information content (AvgIpc) is 3.17. The molecule has 0 aromatic heterocycles. The van der Waals surface area contributed by atoms with Gasteiger partial charge in [0.05, 0.1) is 39.1 Å². The monoisotopic (exact) mass is 741 g/mol. The van der Waals surface area contributed by atoms with Crippen molar-refractivity contribution < 1.29 is 51.8 Å². The summed E-state index contributed by atoms with van der Waals surface area (Å²) in [5.74, 6) is -0.948. The zero-order valence-electron chi connectivity index (χ0n) is 30.2. The summed E-state index contributed by atoms with van der Waals surface area (Å²) >= 11 is 0. The molecule has 0 spiro atoms. The van der Waals surface area contributed by atoms with E-state index in [-0.39, 0.29) is 19.2 Å². The number of methoxy groups -OCH3 is 2. The number of hydrogen-bond acceptors (Lipinski definition) is 11. The van der Waals surface area contributed by atoms with E-state index in [1.165, 1.54) is 21.1 Å². The number of esters is 2. The Bertz CT molecular complexity index is 1430. The topological polar surface area (TPSA) is 148 Å². The van der Waals surface area contributed by atoms with Gasteiger partial charge in [0.2, 0.25) is 0 Å². The third kappa shape index (κ3) is 12.3. The number of ether oxygens (including phenoxy) is 5. The molecule has 12 nitrogen and oxygen atoms in total. The Balaban J connectivity index is 1.49. The largest absolute Gasteiger partial charge is 0.472 e. The van der Waals surface area contributed by atoms with Gasteiger partial charge in [0.1, 0.15) is 12.1 Å². The molecular weight excluding hydrogens is 689 g/mol. The van der Waals surface area contributed by atoms with Gasteiger partial charge in [-0.05, 0) is 55.7 Å². The van der Waals surface area contributed by atoms with Crippen molar-refractivity contribution in [2.45, 2.75) is 81.9 Å². The first-order chi connectivity index (χ1) is 25.2. The van der Waals surface area contributed by atoms with E-state index in [0.717, 1.165) is 36.0 Å². The Morgan fingerprint density at radius 1 is 0.865 bits per heavy atom. The highest BCUT2D eigenvalue weighted by Crippen LogP contribution is 2.46. The molecule has 1 fully saturated rings. The first kappa shape index (κ1) is 41.3. The molecular formula is C39H52NO11P. The average molecular weight is 742 g/mol. The molecule has 0 aliphatic carbocycles. The van der Waals surface area contributed by atoms with Crippen molar-refractivity contribution in [3.05, 3.63) is 108 Å². The zero-order chi connectivity index (χ0) is 37.2. The van der Waals surface area contributed by atoms with E-state index in [2.05, 4.69) is 10.1 Å². The van der Waals surface area contributed by atoms with E-state index in [0.29, 0.717) is 38.9 Å². The Labute approximate surface area is 306 Å². The minimum absolute atomic E-state index is 0.0759. The van der Waals surface area contributed by atoms with Gasteiger partial charge >= 0.3 is 19.8 Å². The number of nitrogens with one attached hydrogen (secondary N) is 1. The van der Waals surface area contributed by atoms with Crippen LogP contribution in [-0.4, -0.2) is 82.0 Å². The van der Waals surface area contributed by atoms with Crippen LogP contribution in [0.5, 0.6) is 0 Å². The van der Waals surface area contributed by atoms with Crippen LogP contribution in [0.4, 0.5) is 0 Å². The van der Waals surface area contributed by atoms with Gasteiger partial charge in [0.15, 0.2) is 6.29 Å². The summed E-state index contributed by atoms with van der Waals surface area (Å²) in [5.41, 5.74) is 1.37. The molecule has 2 N–H and O–H groups in total. The quantitative estimate of drug-likeness (QED) is 0.0516. The van der Waals surface area contributed by atoms with Gasteiger partial charge < -0.3 is 28.6 Å². The molecule has 3 aromatic carbocycles. The molecule has 0 saturated carbocycles. The van der Waals surface area contributed by atoms with Crippen LogP contribution in [0.25, 0.3) is 0 Å². The summed E-state index contributed by atoms with van der Waals surface area (Å²) in [6.45, 7) is 2.21. The lowest BCUT2D eigenvalue weighted by atomic mass is 9.76. The first-order valence-electron chi connectivity index (χ1n) is 17.8. The number of phosphoric acid groups is 1. The molecule has 1 heterocycles. The predicted octanol–water partition coefficient (Wildman–Crippen LogP) is 6.29. The van der Waals surface area contributed by atoms with E-state index < -0.39 is 43.9 Å². The smallest absolute Gasteiger partial charge is 0.469 e. The summed E-state index contributed by atoms with van der Waals surface area (Å²) < 4.78 is 52.2. The van der Waals surface area contributed by atoms with Crippen LogP contribution in [0, 0.1) is 0 Å². The van der Waals surface area contributed by atoms with Gasteiger partial charge in [-0.15, -0.1) is 0 Å². The number of phosphoric ester groups is 1. The van der Waals surface area contributed by atoms with Crippen molar-refractivity contribution in [2.24, 2.45) is 0 Å². The van der Waals surface area contributed by atoms with Gasteiger partial charge in [0.25, 0.3) is 0 Å². The fraction of sp³-hybridized carbons (Fsp3) is 0.487. The third-order valence-electron chi connectivity index (χ3n) is 8.82. The number of carbonyl (C=O) groups excluding carboxylic acids is 2. The maximum atomic E-state index is 13.5. The van der Waals surface area contributed by atoms with Crippen LogP contribution in [-0.2, 0) is 52.4 Å². The van der Waals surface area contributed by atoms with Crippen molar-refractivity contribution in [3.8, 4) is 0 Å². The fourth-order valence-electron chi connectivity index (χ4n) is 6.15. The highest BCUT2D eigenvalue weighted by molar-refractivity contribution is 7.47. The van der Waals surface area contributed by atoms with Crippen LogP contribution in [0.3, 0.4) is 0 Å². The van der Waals surface area contributed by atoms with Crippen LogP contribution < -0.4 is 5.32 Å². The maximum Gasteiger partial charge on any atom is 0.472 e. The maximum absolute atomic E-state index is 13.5. The molecule has 1 aliphatic heterocycles. The predicted molar refractivity (Wildman–Crippen MR) is 194 cm³/mol. The molecule has 0 radical (unpaired) electrons. The van der Waals surface area contributed by atoms with Crippen molar-refractivity contribution in [3.63, 3.8) is 0 Å². The lowest BCUT2D eigenvalue weighted by Gasteiger charge is -2.40. The van der Waals surface area contributed by atoms with Gasteiger partial charge in [0, 0.05) is 19.6 Å². The van der Waals surface area contributed by atoms with Gasteiger partial charge in [-0.25, -0.2) is 4.57 Å². The minimum atomic E-state index is -4.78. The van der Waals surface area contributed by atoms with Gasteiger partial charge in [-0.3, -0.25) is 24.0 Å². The van der Waals surface area contributed by atoms with E-state index >= 15 is 0 Å². The second-order valence-corrected chi connectivity index (χ2v) is 14.0. The molecule has 3 aromatic rings. The minimum Gasteiger partial charge on any atom is -0.469 e. The number of benzene rings is 3. The molecule has 1 aliphatic rings. The molecule has 0 amide bonds. The van der Waals surface area contributed by atoms with E-state index in [9.17, 15) is 19.0 Å². The van der Waals surface area contributed by atoms with Crippen molar-refractivity contribution in [1.29, 1.82) is 0 Å². The summed E-state index contributed by atoms with van der Waals surface area (Å²) in [4.78, 5) is 35.8. The number of rotatable bonds is 22. The summed E-state index contributed by atoms with van der Waals surface area (Å²) in [6, 6.07) is 27.6. The molecule has 284 valence electrons. The first-order valence-corrected chi connectivity index (χ1v) is 19.3. The fourth-order valence-corrected chi connectivity index (χ4v) is 7.11. The molecule has 5 atom stereocenters. The molecule has 1 saturated heterocycles.